The molecule has 0 spiro atoms. The number of carbonyl (C=O) groups excluding carboxylic acids is 1. The molecule has 5 atom stereocenters. The second-order valence-electron chi connectivity index (χ2n) is 5.08. The van der Waals surface area contributed by atoms with Gasteiger partial charge in [0.05, 0.1) is 6.10 Å². The van der Waals surface area contributed by atoms with Crippen LogP contribution in [0.5, 0.6) is 0 Å². The van der Waals surface area contributed by atoms with Crippen LogP contribution in [0.15, 0.2) is 0 Å². The van der Waals surface area contributed by atoms with Crippen molar-refractivity contribution in [2.75, 3.05) is 7.11 Å². The minimum absolute atomic E-state index is 0.187. The van der Waals surface area contributed by atoms with Crippen LogP contribution in [0, 0.1) is 0 Å². The van der Waals surface area contributed by atoms with Crippen LogP contribution in [-0.4, -0.2) is 49.6 Å². The minimum Gasteiger partial charge on any atom is -0.454 e. The van der Waals surface area contributed by atoms with Gasteiger partial charge in [-0.25, -0.2) is 0 Å². The molecule has 6 heteroatoms. The second kappa shape index (κ2) is 4.77. The zero-order valence-corrected chi connectivity index (χ0v) is 11.3. The average molecular weight is 260 g/mol. The summed E-state index contributed by atoms with van der Waals surface area (Å²) in [6.45, 7) is 6.88. The van der Waals surface area contributed by atoms with Crippen molar-refractivity contribution in [2.45, 2.75) is 64.2 Å². The third kappa shape index (κ3) is 2.51. The lowest BCUT2D eigenvalue weighted by Gasteiger charge is -2.39. The van der Waals surface area contributed by atoms with E-state index in [9.17, 15) is 4.79 Å². The molecule has 2 aliphatic rings. The van der Waals surface area contributed by atoms with Gasteiger partial charge in [-0.15, -0.1) is 0 Å². The van der Waals surface area contributed by atoms with Gasteiger partial charge in [-0.2, -0.15) is 0 Å². The van der Waals surface area contributed by atoms with E-state index >= 15 is 0 Å². The van der Waals surface area contributed by atoms with Crippen molar-refractivity contribution in [1.29, 1.82) is 0 Å². The summed E-state index contributed by atoms with van der Waals surface area (Å²) in [5.74, 6) is -1.11. The van der Waals surface area contributed by atoms with Crippen LogP contribution in [0.2, 0.25) is 0 Å². The Hall–Kier alpha value is -0.690. The topological polar surface area (TPSA) is 63.2 Å². The molecular formula is C12H20O6. The number of rotatable bonds is 2. The van der Waals surface area contributed by atoms with Gasteiger partial charge in [-0.1, -0.05) is 0 Å². The number of hydrogen-bond donors (Lipinski definition) is 0. The van der Waals surface area contributed by atoms with Crippen LogP contribution in [0.4, 0.5) is 0 Å². The van der Waals surface area contributed by atoms with E-state index in [2.05, 4.69) is 0 Å². The smallest absolute Gasteiger partial charge is 0.303 e. The highest BCUT2D eigenvalue weighted by atomic mass is 16.8. The lowest BCUT2D eigenvalue weighted by molar-refractivity contribution is -0.270. The molecule has 2 heterocycles. The molecule has 0 unspecified atom stereocenters. The maximum absolute atomic E-state index is 11.2. The van der Waals surface area contributed by atoms with E-state index in [1.165, 1.54) is 14.0 Å². The van der Waals surface area contributed by atoms with E-state index in [4.69, 9.17) is 23.7 Å². The third-order valence-electron chi connectivity index (χ3n) is 3.10. The van der Waals surface area contributed by atoms with Gasteiger partial charge in [-0.3, -0.25) is 4.79 Å². The Kier molecular flexibility index (Phi) is 3.64. The first-order chi connectivity index (χ1) is 8.34. The van der Waals surface area contributed by atoms with Crippen LogP contribution in [0.3, 0.4) is 0 Å². The van der Waals surface area contributed by atoms with Crippen LogP contribution < -0.4 is 0 Å². The summed E-state index contributed by atoms with van der Waals surface area (Å²) in [7, 11) is 1.51. The van der Waals surface area contributed by atoms with E-state index in [-0.39, 0.29) is 18.3 Å². The Morgan fingerprint density at radius 3 is 2.39 bits per heavy atom. The molecule has 0 aromatic rings. The highest BCUT2D eigenvalue weighted by molar-refractivity contribution is 5.66. The van der Waals surface area contributed by atoms with E-state index in [0.717, 1.165) is 0 Å². The normalized spacial score (nSPS) is 42.4. The highest BCUT2D eigenvalue weighted by Crippen LogP contribution is 2.38. The number of fused-ring (bicyclic) bond motifs is 1. The summed E-state index contributed by atoms with van der Waals surface area (Å²) in [5.41, 5.74) is 0. The fourth-order valence-corrected chi connectivity index (χ4v) is 2.46. The summed E-state index contributed by atoms with van der Waals surface area (Å²) in [6.07, 6.45) is -2.08. The monoisotopic (exact) mass is 260 g/mol. The fourth-order valence-electron chi connectivity index (χ4n) is 2.46. The van der Waals surface area contributed by atoms with Gasteiger partial charge in [0.25, 0.3) is 0 Å². The minimum atomic E-state index is -0.714. The fraction of sp³-hybridized carbons (Fsp3) is 0.917. The quantitative estimate of drug-likeness (QED) is 0.685. The molecule has 6 nitrogen and oxygen atoms in total. The predicted molar refractivity (Wildman–Crippen MR) is 60.7 cm³/mol. The van der Waals surface area contributed by atoms with Crippen molar-refractivity contribution in [3.05, 3.63) is 0 Å². The molecular weight excluding hydrogens is 240 g/mol. The zero-order chi connectivity index (χ0) is 13.5. The van der Waals surface area contributed by atoms with Crippen molar-refractivity contribution in [3.8, 4) is 0 Å². The molecule has 2 saturated heterocycles. The first kappa shape index (κ1) is 13.7. The Balaban J connectivity index is 2.21. The highest BCUT2D eigenvalue weighted by Gasteiger charge is 2.55. The third-order valence-corrected chi connectivity index (χ3v) is 3.10. The van der Waals surface area contributed by atoms with Gasteiger partial charge in [0.1, 0.15) is 12.2 Å². The molecule has 2 rings (SSSR count). The van der Waals surface area contributed by atoms with Gasteiger partial charge in [0.15, 0.2) is 18.2 Å². The van der Waals surface area contributed by atoms with Crippen molar-refractivity contribution < 1.29 is 28.5 Å². The number of ether oxygens (including phenoxy) is 5. The molecule has 0 aromatic carbocycles. The van der Waals surface area contributed by atoms with Gasteiger partial charge >= 0.3 is 5.97 Å². The average Bonchev–Trinajstić information content (AvgIpc) is 2.58. The largest absolute Gasteiger partial charge is 0.454 e. The molecule has 2 aliphatic heterocycles. The Bertz CT molecular complexity index is 329. The standard InChI is InChI=1S/C12H20O6/c1-6-8-9(18-12(3,4)17-8)10(16-7(2)13)11(14-5)15-6/h6,8-11H,1-5H3/t6-,8+,9+,10-,11+/m0/s1. The molecule has 2 fully saturated rings. The van der Waals surface area contributed by atoms with Crippen molar-refractivity contribution >= 4 is 5.97 Å². The molecule has 104 valence electrons. The summed E-state index contributed by atoms with van der Waals surface area (Å²) >= 11 is 0. The summed E-state index contributed by atoms with van der Waals surface area (Å²) in [4.78, 5) is 11.2. The van der Waals surface area contributed by atoms with Crippen LogP contribution in [-0.2, 0) is 28.5 Å². The maximum Gasteiger partial charge on any atom is 0.303 e. The zero-order valence-electron chi connectivity index (χ0n) is 11.3. The Labute approximate surface area is 106 Å². The maximum atomic E-state index is 11.2. The molecule has 0 radical (unpaired) electrons. The number of carbonyl (C=O) groups is 1. The first-order valence-electron chi connectivity index (χ1n) is 6.05. The SMILES string of the molecule is CO[C@@H]1O[C@@H](C)[C@H]2OC(C)(C)O[C@H]2[C@@H]1OC(C)=O. The number of hydrogen-bond acceptors (Lipinski definition) is 6. The lowest BCUT2D eigenvalue weighted by atomic mass is 10.00. The van der Waals surface area contributed by atoms with Crippen LogP contribution in [0.1, 0.15) is 27.7 Å². The molecule has 18 heavy (non-hydrogen) atoms. The van der Waals surface area contributed by atoms with Crippen molar-refractivity contribution in [2.24, 2.45) is 0 Å². The van der Waals surface area contributed by atoms with Crippen molar-refractivity contribution in [1.82, 2.24) is 0 Å². The predicted octanol–water partition coefficient (Wildman–Crippen LogP) is 0.829. The van der Waals surface area contributed by atoms with E-state index in [0.29, 0.717) is 0 Å². The summed E-state index contributed by atoms with van der Waals surface area (Å²) in [5, 5.41) is 0. The molecule has 0 bridgehead atoms. The van der Waals surface area contributed by atoms with Gasteiger partial charge < -0.3 is 23.7 Å². The van der Waals surface area contributed by atoms with E-state index < -0.39 is 24.2 Å². The van der Waals surface area contributed by atoms with Crippen molar-refractivity contribution in [3.63, 3.8) is 0 Å². The van der Waals surface area contributed by atoms with E-state index in [1.807, 2.05) is 20.8 Å². The van der Waals surface area contributed by atoms with Crippen LogP contribution in [0.25, 0.3) is 0 Å². The summed E-state index contributed by atoms with van der Waals surface area (Å²) in [6, 6.07) is 0. The molecule has 0 N–H and O–H groups in total. The van der Waals surface area contributed by atoms with E-state index in [1.54, 1.807) is 0 Å². The van der Waals surface area contributed by atoms with Gasteiger partial charge in [-0.05, 0) is 20.8 Å². The molecule has 0 saturated carbocycles. The van der Waals surface area contributed by atoms with Crippen LogP contribution >= 0.6 is 0 Å². The van der Waals surface area contributed by atoms with Gasteiger partial charge in [0.2, 0.25) is 0 Å². The Morgan fingerprint density at radius 2 is 1.83 bits per heavy atom. The van der Waals surface area contributed by atoms with Gasteiger partial charge in [0, 0.05) is 14.0 Å². The lowest BCUT2D eigenvalue weighted by Crippen LogP contribution is -2.57. The first-order valence-corrected chi connectivity index (χ1v) is 6.05. The molecule has 0 amide bonds. The molecule has 0 aromatic heterocycles. The molecule has 0 aliphatic carbocycles. The number of esters is 1. The second-order valence-corrected chi connectivity index (χ2v) is 5.08. The summed E-state index contributed by atoms with van der Waals surface area (Å²) < 4.78 is 27.7. The Morgan fingerprint density at radius 1 is 1.22 bits per heavy atom. The number of methoxy groups -OCH3 is 1.